The third kappa shape index (κ3) is 3.86. The predicted octanol–water partition coefficient (Wildman–Crippen LogP) is 3.77. The van der Waals surface area contributed by atoms with Gasteiger partial charge in [0, 0.05) is 18.0 Å². The maximum atomic E-state index is 12.6. The Kier molecular flexibility index (Phi) is 4.80. The van der Waals surface area contributed by atoms with E-state index in [9.17, 15) is 9.59 Å². The number of anilines is 1. The van der Waals surface area contributed by atoms with Crippen LogP contribution in [0.5, 0.6) is 0 Å². The number of benzene rings is 2. The van der Waals surface area contributed by atoms with Gasteiger partial charge in [-0.25, -0.2) is 0 Å². The highest BCUT2D eigenvalue weighted by atomic mass is 16.2. The van der Waals surface area contributed by atoms with Gasteiger partial charge < -0.3 is 9.88 Å². The van der Waals surface area contributed by atoms with E-state index in [1.54, 1.807) is 16.8 Å². The fourth-order valence-corrected chi connectivity index (χ4v) is 2.65. The van der Waals surface area contributed by atoms with Crippen molar-refractivity contribution in [1.29, 1.82) is 0 Å². The van der Waals surface area contributed by atoms with E-state index in [0.717, 1.165) is 22.4 Å². The quantitative estimate of drug-likeness (QED) is 0.791. The Balaban J connectivity index is 1.85. The average Bonchev–Trinajstić information content (AvgIpc) is 2.61. The topological polar surface area (TPSA) is 51.1 Å². The van der Waals surface area contributed by atoms with Crippen molar-refractivity contribution in [1.82, 2.24) is 4.57 Å². The molecule has 0 bridgehead atoms. The molecule has 3 rings (SSSR count). The smallest absolute Gasteiger partial charge is 0.257 e. The fourth-order valence-electron chi connectivity index (χ4n) is 2.65. The lowest BCUT2D eigenvalue weighted by atomic mass is 10.1. The van der Waals surface area contributed by atoms with E-state index in [0.29, 0.717) is 12.1 Å². The first kappa shape index (κ1) is 16.7. The first-order valence-corrected chi connectivity index (χ1v) is 8.16. The maximum absolute atomic E-state index is 12.6. The second kappa shape index (κ2) is 7.18. The number of carbonyl (C=O) groups excluding carboxylic acids is 1. The standard InChI is InChI=1S/C21H20N2O2/c1-15-7-6-10-19(16(15)2)22-21(25)18-11-12-20(24)23(14-18)13-17-8-4-3-5-9-17/h3-12,14H,13H2,1-2H3,(H,22,25). The first-order valence-electron chi connectivity index (χ1n) is 8.16. The lowest BCUT2D eigenvalue weighted by Gasteiger charge is -2.12. The summed E-state index contributed by atoms with van der Waals surface area (Å²) >= 11 is 0. The van der Waals surface area contributed by atoms with Gasteiger partial charge >= 0.3 is 0 Å². The zero-order chi connectivity index (χ0) is 17.8. The van der Waals surface area contributed by atoms with E-state index < -0.39 is 0 Å². The Morgan fingerprint density at radius 1 is 0.960 bits per heavy atom. The van der Waals surface area contributed by atoms with Crippen LogP contribution in [0.4, 0.5) is 5.69 Å². The highest BCUT2D eigenvalue weighted by Crippen LogP contribution is 2.18. The highest BCUT2D eigenvalue weighted by molar-refractivity contribution is 6.04. The van der Waals surface area contributed by atoms with E-state index >= 15 is 0 Å². The second-order valence-electron chi connectivity index (χ2n) is 6.07. The van der Waals surface area contributed by atoms with Gasteiger partial charge in [0.2, 0.25) is 0 Å². The summed E-state index contributed by atoms with van der Waals surface area (Å²) in [6.45, 7) is 4.41. The monoisotopic (exact) mass is 332 g/mol. The fraction of sp³-hybridized carbons (Fsp3) is 0.143. The molecular weight excluding hydrogens is 312 g/mol. The molecule has 4 heteroatoms. The number of nitrogens with zero attached hydrogens (tertiary/aromatic N) is 1. The molecular formula is C21H20N2O2. The van der Waals surface area contributed by atoms with Crippen molar-refractivity contribution in [3.63, 3.8) is 0 Å². The largest absolute Gasteiger partial charge is 0.322 e. The van der Waals surface area contributed by atoms with Gasteiger partial charge in [0.25, 0.3) is 11.5 Å². The summed E-state index contributed by atoms with van der Waals surface area (Å²) in [5, 5.41) is 2.92. The van der Waals surface area contributed by atoms with Gasteiger partial charge in [0.1, 0.15) is 0 Å². The molecule has 0 spiro atoms. The number of amides is 1. The molecule has 0 unspecified atom stereocenters. The van der Waals surface area contributed by atoms with Crippen LogP contribution in [0.15, 0.2) is 71.7 Å². The summed E-state index contributed by atoms with van der Waals surface area (Å²) < 4.78 is 1.55. The summed E-state index contributed by atoms with van der Waals surface area (Å²) in [5.74, 6) is -0.226. The molecule has 0 aliphatic rings. The van der Waals surface area contributed by atoms with Crippen LogP contribution in [0, 0.1) is 13.8 Å². The Morgan fingerprint density at radius 2 is 1.72 bits per heavy atom. The zero-order valence-electron chi connectivity index (χ0n) is 14.3. The van der Waals surface area contributed by atoms with Gasteiger partial charge in [-0.3, -0.25) is 9.59 Å². The number of nitrogens with one attached hydrogen (secondary N) is 1. The van der Waals surface area contributed by atoms with E-state index in [2.05, 4.69) is 5.32 Å². The summed E-state index contributed by atoms with van der Waals surface area (Å²) in [6.07, 6.45) is 1.61. The van der Waals surface area contributed by atoms with Crippen molar-refractivity contribution < 1.29 is 4.79 Å². The molecule has 4 nitrogen and oxygen atoms in total. The number of aromatic nitrogens is 1. The molecule has 2 aromatic carbocycles. The summed E-state index contributed by atoms with van der Waals surface area (Å²) in [5.41, 5.74) is 4.27. The van der Waals surface area contributed by atoms with Gasteiger partial charge in [0.05, 0.1) is 12.1 Å². The zero-order valence-corrected chi connectivity index (χ0v) is 14.3. The molecule has 0 saturated carbocycles. The van der Waals surface area contributed by atoms with Crippen molar-refractivity contribution in [2.45, 2.75) is 20.4 Å². The Morgan fingerprint density at radius 3 is 2.48 bits per heavy atom. The van der Waals surface area contributed by atoms with Crippen molar-refractivity contribution in [2.24, 2.45) is 0 Å². The average molecular weight is 332 g/mol. The number of aryl methyl sites for hydroxylation is 1. The van der Waals surface area contributed by atoms with Crippen LogP contribution in [0.2, 0.25) is 0 Å². The molecule has 25 heavy (non-hydrogen) atoms. The first-order chi connectivity index (χ1) is 12.0. The van der Waals surface area contributed by atoms with Crippen molar-refractivity contribution in [2.75, 3.05) is 5.32 Å². The normalized spacial score (nSPS) is 10.5. The van der Waals surface area contributed by atoms with E-state index in [-0.39, 0.29) is 11.5 Å². The van der Waals surface area contributed by atoms with Crippen LogP contribution in [0.1, 0.15) is 27.0 Å². The maximum Gasteiger partial charge on any atom is 0.257 e. The SMILES string of the molecule is Cc1cccc(NC(=O)c2ccc(=O)n(Cc3ccccc3)c2)c1C. The van der Waals surface area contributed by atoms with E-state index in [1.807, 2.05) is 62.4 Å². The Labute approximate surface area is 146 Å². The van der Waals surface area contributed by atoms with Crippen LogP contribution >= 0.6 is 0 Å². The second-order valence-corrected chi connectivity index (χ2v) is 6.07. The van der Waals surface area contributed by atoms with Gasteiger partial charge in [-0.15, -0.1) is 0 Å². The number of pyridine rings is 1. The van der Waals surface area contributed by atoms with Crippen molar-refractivity contribution in [3.05, 3.63) is 99.5 Å². The Hall–Kier alpha value is -3.14. The molecule has 1 aromatic heterocycles. The summed E-state index contributed by atoms with van der Waals surface area (Å²) in [6, 6.07) is 18.5. The van der Waals surface area contributed by atoms with E-state index in [4.69, 9.17) is 0 Å². The van der Waals surface area contributed by atoms with Crippen molar-refractivity contribution in [3.8, 4) is 0 Å². The molecule has 1 amide bonds. The predicted molar refractivity (Wildman–Crippen MR) is 100 cm³/mol. The summed E-state index contributed by atoms with van der Waals surface area (Å²) in [4.78, 5) is 24.7. The minimum atomic E-state index is -0.226. The molecule has 3 aromatic rings. The van der Waals surface area contributed by atoms with E-state index in [1.165, 1.54) is 6.07 Å². The molecule has 1 N–H and O–H groups in total. The molecule has 0 aliphatic carbocycles. The van der Waals surface area contributed by atoms with Gasteiger partial charge in [0.15, 0.2) is 0 Å². The Bertz CT molecular complexity index is 959. The summed E-state index contributed by atoms with van der Waals surface area (Å²) in [7, 11) is 0. The van der Waals surface area contributed by atoms with Crippen LogP contribution in [-0.4, -0.2) is 10.5 Å². The highest BCUT2D eigenvalue weighted by Gasteiger charge is 2.10. The van der Waals surface area contributed by atoms with Crippen LogP contribution in [-0.2, 0) is 6.54 Å². The van der Waals surface area contributed by atoms with Crippen LogP contribution in [0.25, 0.3) is 0 Å². The lowest BCUT2D eigenvalue weighted by Crippen LogP contribution is -2.22. The third-order valence-corrected chi connectivity index (χ3v) is 4.29. The molecule has 126 valence electrons. The van der Waals surface area contributed by atoms with Crippen molar-refractivity contribution >= 4 is 11.6 Å². The molecule has 0 fully saturated rings. The number of rotatable bonds is 4. The van der Waals surface area contributed by atoms with Gasteiger partial charge in [-0.2, -0.15) is 0 Å². The molecule has 0 atom stereocenters. The lowest BCUT2D eigenvalue weighted by molar-refractivity contribution is 0.102. The number of hydrogen-bond donors (Lipinski definition) is 1. The molecule has 0 aliphatic heterocycles. The van der Waals surface area contributed by atoms with Gasteiger partial charge in [-0.05, 0) is 42.7 Å². The van der Waals surface area contributed by atoms with Gasteiger partial charge in [-0.1, -0.05) is 42.5 Å². The molecule has 1 heterocycles. The molecule has 0 saturated heterocycles. The minimum absolute atomic E-state index is 0.132. The number of hydrogen-bond acceptors (Lipinski definition) is 2. The molecule has 0 radical (unpaired) electrons. The van der Waals surface area contributed by atoms with Crippen LogP contribution < -0.4 is 10.9 Å². The number of carbonyl (C=O) groups is 1. The van der Waals surface area contributed by atoms with Crippen LogP contribution in [0.3, 0.4) is 0 Å². The minimum Gasteiger partial charge on any atom is -0.322 e. The third-order valence-electron chi connectivity index (χ3n) is 4.29.